The van der Waals surface area contributed by atoms with Gasteiger partial charge in [-0.15, -0.1) is 0 Å². The number of hydrogen-bond donors (Lipinski definition) is 0. The van der Waals surface area contributed by atoms with Gasteiger partial charge in [-0.05, 0) is 30.7 Å². The molecule has 1 aliphatic heterocycles. The van der Waals surface area contributed by atoms with Crippen LogP contribution in [0.3, 0.4) is 0 Å². The fourth-order valence-electron chi connectivity index (χ4n) is 2.56. The highest BCUT2D eigenvalue weighted by atomic mass is 16.5. The summed E-state index contributed by atoms with van der Waals surface area (Å²) in [7, 11) is 0. The van der Waals surface area contributed by atoms with Crippen molar-refractivity contribution in [1.82, 2.24) is 0 Å². The third-order valence-corrected chi connectivity index (χ3v) is 3.50. The molecule has 4 heteroatoms. The van der Waals surface area contributed by atoms with Gasteiger partial charge in [0.1, 0.15) is 0 Å². The normalized spacial score (nSPS) is 13.2. The molecule has 2 aromatic carbocycles. The van der Waals surface area contributed by atoms with E-state index in [1.165, 1.54) is 0 Å². The predicted molar refractivity (Wildman–Crippen MR) is 79.4 cm³/mol. The number of nitrogens with zero attached hydrogens (tertiary/aromatic N) is 1. The van der Waals surface area contributed by atoms with E-state index in [4.69, 9.17) is 4.74 Å². The third kappa shape index (κ3) is 2.29. The maximum absolute atomic E-state index is 12.6. The molecule has 0 fully saturated rings. The molecule has 106 valence electrons. The molecule has 4 nitrogen and oxygen atoms in total. The number of hydrogen-bond acceptors (Lipinski definition) is 3. The second-order valence-corrected chi connectivity index (χ2v) is 4.79. The Balaban J connectivity index is 2.01. The zero-order valence-corrected chi connectivity index (χ0v) is 11.7. The maximum atomic E-state index is 12.6. The second-order valence-electron chi connectivity index (χ2n) is 4.79. The number of fused-ring (bicyclic) bond motifs is 1. The van der Waals surface area contributed by atoms with E-state index in [-0.39, 0.29) is 5.91 Å². The maximum Gasteiger partial charge on any atom is 0.338 e. The summed E-state index contributed by atoms with van der Waals surface area (Å²) < 4.78 is 5.03. The van der Waals surface area contributed by atoms with Crippen LogP contribution in [0.1, 0.15) is 33.2 Å². The lowest BCUT2D eigenvalue weighted by molar-refractivity contribution is 0.0523. The number of carbonyl (C=O) groups is 2. The molecule has 0 saturated carbocycles. The van der Waals surface area contributed by atoms with Crippen LogP contribution in [-0.4, -0.2) is 18.5 Å². The van der Waals surface area contributed by atoms with Crippen molar-refractivity contribution in [2.75, 3.05) is 11.5 Å². The molecule has 0 atom stereocenters. The van der Waals surface area contributed by atoms with Crippen LogP contribution in [0.5, 0.6) is 0 Å². The Morgan fingerprint density at radius 3 is 2.62 bits per heavy atom. The van der Waals surface area contributed by atoms with Crippen LogP contribution in [0.15, 0.2) is 48.5 Å². The van der Waals surface area contributed by atoms with Gasteiger partial charge in [-0.3, -0.25) is 4.79 Å². The van der Waals surface area contributed by atoms with Crippen LogP contribution in [0, 0.1) is 0 Å². The molecule has 0 saturated heterocycles. The van der Waals surface area contributed by atoms with E-state index < -0.39 is 5.97 Å². The summed E-state index contributed by atoms with van der Waals surface area (Å²) in [6, 6.07) is 14.7. The largest absolute Gasteiger partial charge is 0.462 e. The zero-order chi connectivity index (χ0) is 14.8. The van der Waals surface area contributed by atoms with Crippen LogP contribution >= 0.6 is 0 Å². The number of carbonyl (C=O) groups excluding carboxylic acids is 2. The first-order valence-corrected chi connectivity index (χ1v) is 6.88. The summed E-state index contributed by atoms with van der Waals surface area (Å²) >= 11 is 0. The van der Waals surface area contributed by atoms with Crippen LogP contribution in [0.25, 0.3) is 0 Å². The van der Waals surface area contributed by atoms with Crippen molar-refractivity contribution in [2.24, 2.45) is 0 Å². The van der Waals surface area contributed by atoms with E-state index in [0.29, 0.717) is 24.3 Å². The highest BCUT2D eigenvalue weighted by molar-refractivity contribution is 6.15. The lowest BCUT2D eigenvalue weighted by Gasteiger charge is -2.15. The molecule has 1 aliphatic rings. The molecule has 0 radical (unpaired) electrons. The van der Waals surface area contributed by atoms with E-state index in [1.54, 1.807) is 24.0 Å². The van der Waals surface area contributed by atoms with Gasteiger partial charge in [0.2, 0.25) is 0 Å². The Morgan fingerprint density at radius 2 is 1.90 bits per heavy atom. The topological polar surface area (TPSA) is 46.6 Å². The summed E-state index contributed by atoms with van der Waals surface area (Å²) in [6.07, 6.45) is 0. The average Bonchev–Trinajstić information content (AvgIpc) is 2.86. The monoisotopic (exact) mass is 281 g/mol. The molecule has 0 N–H and O–H groups in total. The lowest BCUT2D eigenvalue weighted by atomic mass is 10.0. The third-order valence-electron chi connectivity index (χ3n) is 3.50. The van der Waals surface area contributed by atoms with E-state index in [9.17, 15) is 9.59 Å². The van der Waals surface area contributed by atoms with Gasteiger partial charge in [-0.25, -0.2) is 4.79 Å². The number of rotatable bonds is 3. The zero-order valence-electron chi connectivity index (χ0n) is 11.7. The van der Waals surface area contributed by atoms with Crippen molar-refractivity contribution in [3.05, 3.63) is 65.2 Å². The van der Waals surface area contributed by atoms with Gasteiger partial charge in [0, 0.05) is 5.69 Å². The van der Waals surface area contributed by atoms with E-state index in [1.807, 2.05) is 36.4 Å². The van der Waals surface area contributed by atoms with Gasteiger partial charge >= 0.3 is 5.97 Å². The molecule has 0 aliphatic carbocycles. The minimum Gasteiger partial charge on any atom is -0.462 e. The Bertz CT molecular complexity index is 694. The van der Waals surface area contributed by atoms with Gasteiger partial charge in [-0.2, -0.15) is 0 Å². The number of ether oxygens (including phenoxy) is 1. The standard InChI is InChI=1S/C17H15NO3/c1-2-21-17(20)14-10-6-7-12-11-18(16(19)15(12)14)13-8-4-3-5-9-13/h3-10H,2,11H2,1H3. The SMILES string of the molecule is CCOC(=O)c1cccc2c1C(=O)N(c1ccccc1)C2. The number of benzene rings is 2. The molecular formula is C17H15NO3. The highest BCUT2D eigenvalue weighted by Crippen LogP contribution is 2.30. The van der Waals surface area contributed by atoms with Crippen molar-refractivity contribution < 1.29 is 14.3 Å². The first kappa shape index (κ1) is 13.4. The average molecular weight is 281 g/mol. The van der Waals surface area contributed by atoms with Crippen LogP contribution < -0.4 is 4.90 Å². The highest BCUT2D eigenvalue weighted by Gasteiger charge is 2.32. The number of esters is 1. The second kappa shape index (κ2) is 5.40. The van der Waals surface area contributed by atoms with E-state index in [0.717, 1.165) is 11.3 Å². The Kier molecular flexibility index (Phi) is 3.44. The van der Waals surface area contributed by atoms with E-state index >= 15 is 0 Å². The van der Waals surface area contributed by atoms with Crippen LogP contribution in [-0.2, 0) is 11.3 Å². The molecule has 0 spiro atoms. The predicted octanol–water partition coefficient (Wildman–Crippen LogP) is 3.02. The molecule has 0 unspecified atom stereocenters. The van der Waals surface area contributed by atoms with E-state index in [2.05, 4.69) is 0 Å². The molecule has 3 rings (SSSR count). The Hall–Kier alpha value is -2.62. The van der Waals surface area contributed by atoms with Gasteiger partial charge in [0.05, 0.1) is 24.3 Å². The van der Waals surface area contributed by atoms with Crippen molar-refractivity contribution in [1.29, 1.82) is 0 Å². The Labute approximate surface area is 123 Å². The fourth-order valence-corrected chi connectivity index (χ4v) is 2.56. The molecule has 1 heterocycles. The van der Waals surface area contributed by atoms with Crippen molar-refractivity contribution in [3.63, 3.8) is 0 Å². The van der Waals surface area contributed by atoms with Crippen LogP contribution in [0.2, 0.25) is 0 Å². The lowest BCUT2D eigenvalue weighted by Crippen LogP contribution is -2.24. The van der Waals surface area contributed by atoms with Gasteiger partial charge in [0.25, 0.3) is 5.91 Å². The number of anilines is 1. The Morgan fingerprint density at radius 1 is 1.14 bits per heavy atom. The molecule has 0 aromatic heterocycles. The first-order chi connectivity index (χ1) is 10.2. The number of amides is 1. The minimum atomic E-state index is -0.447. The molecular weight excluding hydrogens is 266 g/mol. The summed E-state index contributed by atoms with van der Waals surface area (Å²) in [5, 5.41) is 0. The molecule has 2 aromatic rings. The van der Waals surface area contributed by atoms with Crippen LogP contribution in [0.4, 0.5) is 5.69 Å². The minimum absolute atomic E-state index is 0.153. The van der Waals surface area contributed by atoms with Gasteiger partial charge in [0.15, 0.2) is 0 Å². The fraction of sp³-hybridized carbons (Fsp3) is 0.176. The summed E-state index contributed by atoms with van der Waals surface area (Å²) in [5.74, 6) is -0.600. The van der Waals surface area contributed by atoms with Crippen molar-refractivity contribution in [3.8, 4) is 0 Å². The first-order valence-electron chi connectivity index (χ1n) is 6.88. The smallest absolute Gasteiger partial charge is 0.338 e. The summed E-state index contributed by atoms with van der Waals surface area (Å²) in [6.45, 7) is 2.52. The van der Waals surface area contributed by atoms with Gasteiger partial charge in [-0.1, -0.05) is 30.3 Å². The van der Waals surface area contributed by atoms with Crippen molar-refractivity contribution >= 4 is 17.6 Å². The summed E-state index contributed by atoms with van der Waals surface area (Å²) in [4.78, 5) is 26.3. The molecule has 0 bridgehead atoms. The molecule has 1 amide bonds. The number of para-hydroxylation sites is 1. The summed E-state index contributed by atoms with van der Waals surface area (Å²) in [5.41, 5.74) is 2.49. The quantitative estimate of drug-likeness (QED) is 0.812. The molecule has 21 heavy (non-hydrogen) atoms. The van der Waals surface area contributed by atoms with Gasteiger partial charge < -0.3 is 9.64 Å². The van der Waals surface area contributed by atoms with Crippen molar-refractivity contribution in [2.45, 2.75) is 13.5 Å².